The molecule has 19 heavy (non-hydrogen) atoms. The van der Waals surface area contributed by atoms with Crippen LogP contribution in [0.25, 0.3) is 0 Å². The molecule has 4 heteroatoms. The van der Waals surface area contributed by atoms with E-state index >= 15 is 0 Å². The fourth-order valence-electron chi connectivity index (χ4n) is 1.44. The van der Waals surface area contributed by atoms with Crippen molar-refractivity contribution in [3.05, 3.63) is 35.4 Å². The number of methoxy groups -OCH3 is 1. The number of Topliss-reactive ketones (excluding diaryl/α,β-unsaturated/α-hetero) is 1. The van der Waals surface area contributed by atoms with E-state index in [4.69, 9.17) is 9.47 Å². The Balaban J connectivity index is 0.00000324. The van der Waals surface area contributed by atoms with Gasteiger partial charge in [-0.3, -0.25) is 4.79 Å². The lowest BCUT2D eigenvalue weighted by Gasteiger charge is -2.05. The first-order valence-corrected chi connectivity index (χ1v) is 5.92. The lowest BCUT2D eigenvalue weighted by Crippen LogP contribution is -2.07. The Morgan fingerprint density at radius 2 is 1.53 bits per heavy atom. The van der Waals surface area contributed by atoms with Gasteiger partial charge in [0.05, 0.1) is 12.2 Å². The average Bonchev–Trinajstić information content (AvgIpc) is 2.38. The first-order valence-electron chi connectivity index (χ1n) is 5.92. The maximum Gasteiger partial charge on any atom is 0.338 e. The number of carbonyl (C=O) groups is 2. The molecule has 0 aliphatic rings. The number of carbonyl (C=O) groups excluding carboxylic acids is 2. The number of hydrogen-bond acceptors (Lipinski definition) is 4. The van der Waals surface area contributed by atoms with Crippen LogP contribution in [0.4, 0.5) is 0 Å². The summed E-state index contributed by atoms with van der Waals surface area (Å²) in [7, 11) is 1.64. The van der Waals surface area contributed by atoms with E-state index in [1.807, 2.05) is 0 Å². The van der Waals surface area contributed by atoms with Crippen LogP contribution in [0, 0.1) is 0 Å². The summed E-state index contributed by atoms with van der Waals surface area (Å²) in [4.78, 5) is 22.7. The molecule has 0 heterocycles. The molecular weight excluding hydrogens is 244 g/mol. The van der Waals surface area contributed by atoms with Gasteiger partial charge in [0.1, 0.15) is 0 Å². The van der Waals surface area contributed by atoms with Crippen molar-refractivity contribution in [2.45, 2.75) is 27.2 Å². The minimum Gasteiger partial charge on any atom is -0.462 e. The van der Waals surface area contributed by atoms with Crippen molar-refractivity contribution in [2.75, 3.05) is 20.3 Å². The third-order valence-electron chi connectivity index (χ3n) is 2.50. The van der Waals surface area contributed by atoms with E-state index in [2.05, 4.69) is 0 Å². The van der Waals surface area contributed by atoms with Crippen LogP contribution in [0.15, 0.2) is 24.3 Å². The van der Waals surface area contributed by atoms with Gasteiger partial charge in [0.15, 0.2) is 5.78 Å². The zero-order valence-corrected chi connectivity index (χ0v) is 10.8. The summed E-state index contributed by atoms with van der Waals surface area (Å²) < 4.78 is 9.99. The second-order valence-corrected chi connectivity index (χ2v) is 3.97. The number of esters is 1. The van der Waals surface area contributed by atoms with Gasteiger partial charge in [-0.2, -0.15) is 0 Å². The fourth-order valence-corrected chi connectivity index (χ4v) is 1.44. The van der Waals surface area contributed by atoms with E-state index < -0.39 is 0 Å². The van der Waals surface area contributed by atoms with E-state index in [-0.39, 0.29) is 19.2 Å². The smallest absolute Gasteiger partial charge is 0.338 e. The monoisotopic (exact) mass is 266 g/mol. The van der Waals surface area contributed by atoms with Crippen LogP contribution in [0.1, 0.15) is 47.9 Å². The van der Waals surface area contributed by atoms with Crippen molar-refractivity contribution in [1.29, 1.82) is 0 Å². The topological polar surface area (TPSA) is 52.6 Å². The molecule has 0 saturated carbocycles. The zero-order chi connectivity index (χ0) is 13.4. The maximum atomic E-state index is 11.6. The Bertz CT molecular complexity index is 395. The summed E-state index contributed by atoms with van der Waals surface area (Å²) in [5.41, 5.74) is 1.05. The third kappa shape index (κ3) is 6.15. The van der Waals surface area contributed by atoms with Crippen molar-refractivity contribution >= 4 is 11.8 Å². The minimum absolute atomic E-state index is 0. The van der Waals surface area contributed by atoms with Crippen LogP contribution in [-0.2, 0) is 9.47 Å². The van der Waals surface area contributed by atoms with Crippen LogP contribution >= 0.6 is 0 Å². The van der Waals surface area contributed by atoms with Crippen molar-refractivity contribution in [3.63, 3.8) is 0 Å². The normalized spacial score (nSPS) is 9.58. The van der Waals surface area contributed by atoms with Gasteiger partial charge in [-0.05, 0) is 31.9 Å². The molecule has 0 aromatic heterocycles. The van der Waals surface area contributed by atoms with E-state index in [1.54, 1.807) is 31.4 Å². The standard InChI is InChI=1S/C14H18O4.CH4/c1-11(15)12-5-7-13(8-6-12)14(16)18-10-4-3-9-17-2;/h5-8H,3-4,9-10H2,1-2H3;1H4. The highest BCUT2D eigenvalue weighted by Crippen LogP contribution is 2.07. The number of ketones is 1. The molecule has 0 aliphatic heterocycles. The second kappa shape index (κ2) is 9.28. The van der Waals surface area contributed by atoms with Crippen LogP contribution in [0.2, 0.25) is 0 Å². The molecule has 0 amide bonds. The van der Waals surface area contributed by atoms with E-state index in [0.717, 1.165) is 12.8 Å². The quantitative estimate of drug-likeness (QED) is 0.432. The second-order valence-electron chi connectivity index (χ2n) is 3.97. The molecule has 1 rings (SSSR count). The first-order chi connectivity index (χ1) is 8.65. The van der Waals surface area contributed by atoms with Crippen molar-refractivity contribution in [1.82, 2.24) is 0 Å². The number of benzene rings is 1. The van der Waals surface area contributed by atoms with Crippen LogP contribution in [0.3, 0.4) is 0 Å². The lowest BCUT2D eigenvalue weighted by atomic mass is 10.1. The average molecular weight is 266 g/mol. The van der Waals surface area contributed by atoms with E-state index in [0.29, 0.717) is 24.3 Å². The van der Waals surface area contributed by atoms with Gasteiger partial charge in [0.25, 0.3) is 0 Å². The molecule has 0 spiro atoms. The van der Waals surface area contributed by atoms with Gasteiger partial charge in [-0.1, -0.05) is 19.6 Å². The summed E-state index contributed by atoms with van der Waals surface area (Å²) in [5.74, 6) is -0.378. The maximum absolute atomic E-state index is 11.6. The molecule has 0 aliphatic carbocycles. The predicted octanol–water partition coefficient (Wildman–Crippen LogP) is 3.11. The molecule has 1 aromatic carbocycles. The number of rotatable bonds is 7. The van der Waals surface area contributed by atoms with Crippen molar-refractivity contribution in [3.8, 4) is 0 Å². The number of ether oxygens (including phenoxy) is 2. The largest absolute Gasteiger partial charge is 0.462 e. The predicted molar refractivity (Wildman–Crippen MR) is 74.6 cm³/mol. The molecule has 0 bridgehead atoms. The van der Waals surface area contributed by atoms with Gasteiger partial charge >= 0.3 is 5.97 Å². The van der Waals surface area contributed by atoms with Crippen molar-refractivity contribution in [2.24, 2.45) is 0 Å². The SMILES string of the molecule is C.COCCCCOC(=O)c1ccc(C(C)=O)cc1. The molecule has 0 unspecified atom stereocenters. The molecule has 1 aromatic rings. The lowest BCUT2D eigenvalue weighted by molar-refractivity contribution is 0.0489. The van der Waals surface area contributed by atoms with Crippen LogP contribution in [0.5, 0.6) is 0 Å². The summed E-state index contributed by atoms with van der Waals surface area (Å²) in [6.45, 7) is 2.55. The highest BCUT2D eigenvalue weighted by molar-refractivity contribution is 5.96. The van der Waals surface area contributed by atoms with Crippen LogP contribution in [-0.4, -0.2) is 32.1 Å². The minimum atomic E-state index is -0.359. The zero-order valence-electron chi connectivity index (χ0n) is 10.8. The first kappa shape index (κ1) is 17.3. The van der Waals surface area contributed by atoms with Crippen molar-refractivity contribution < 1.29 is 19.1 Å². The summed E-state index contributed by atoms with van der Waals surface area (Å²) >= 11 is 0. The van der Waals surface area contributed by atoms with Gasteiger partial charge in [0, 0.05) is 19.3 Å². The molecule has 0 saturated heterocycles. The molecular formula is C15H22O4. The van der Waals surface area contributed by atoms with E-state index in [9.17, 15) is 9.59 Å². The molecule has 4 nitrogen and oxygen atoms in total. The summed E-state index contributed by atoms with van der Waals surface area (Å²) in [5, 5.41) is 0. The van der Waals surface area contributed by atoms with Crippen LogP contribution < -0.4 is 0 Å². The van der Waals surface area contributed by atoms with E-state index in [1.165, 1.54) is 6.92 Å². The molecule has 0 fully saturated rings. The van der Waals surface area contributed by atoms with Gasteiger partial charge in [-0.25, -0.2) is 4.79 Å². The summed E-state index contributed by atoms with van der Waals surface area (Å²) in [6.07, 6.45) is 1.65. The Hall–Kier alpha value is -1.68. The third-order valence-corrected chi connectivity index (χ3v) is 2.50. The Labute approximate surface area is 114 Å². The van der Waals surface area contributed by atoms with Gasteiger partial charge in [-0.15, -0.1) is 0 Å². The Kier molecular flexibility index (Phi) is 8.46. The number of hydrogen-bond donors (Lipinski definition) is 0. The Morgan fingerprint density at radius 1 is 1.00 bits per heavy atom. The van der Waals surface area contributed by atoms with Gasteiger partial charge in [0.2, 0.25) is 0 Å². The molecule has 106 valence electrons. The Morgan fingerprint density at radius 3 is 2.05 bits per heavy atom. The highest BCUT2D eigenvalue weighted by atomic mass is 16.5. The number of unbranched alkanes of at least 4 members (excludes halogenated alkanes) is 1. The van der Waals surface area contributed by atoms with Gasteiger partial charge < -0.3 is 9.47 Å². The molecule has 0 atom stereocenters. The highest BCUT2D eigenvalue weighted by Gasteiger charge is 2.07. The summed E-state index contributed by atoms with van der Waals surface area (Å²) in [6, 6.07) is 6.47. The fraction of sp³-hybridized carbons (Fsp3) is 0.467. The molecule has 0 N–H and O–H groups in total. The molecule has 0 radical (unpaired) electrons.